The predicted octanol–water partition coefficient (Wildman–Crippen LogP) is 0.299. The van der Waals surface area contributed by atoms with Gasteiger partial charge in [-0.25, -0.2) is 0 Å². The van der Waals surface area contributed by atoms with Crippen LogP contribution in [-0.4, -0.2) is 76.1 Å². The molecule has 0 aromatic heterocycles. The molecule has 2 fully saturated rings. The van der Waals surface area contributed by atoms with Gasteiger partial charge in [0.2, 0.25) is 0 Å². The summed E-state index contributed by atoms with van der Waals surface area (Å²) in [5.74, 6) is 0.865. The second-order valence-corrected chi connectivity index (χ2v) is 6.99. The lowest BCUT2D eigenvalue weighted by Crippen LogP contribution is -2.57. The number of aliphatic imine (C=N–C) groups is 1. The second kappa shape index (κ2) is 6.94. The van der Waals surface area contributed by atoms with Crippen LogP contribution in [0.2, 0.25) is 0 Å². The minimum atomic E-state index is 0.0882. The maximum absolute atomic E-state index is 5.43. The average molecular weight is 298 g/mol. The lowest BCUT2D eigenvalue weighted by Gasteiger charge is -2.41. The highest BCUT2D eigenvalue weighted by atomic mass is 16.5. The van der Waals surface area contributed by atoms with Gasteiger partial charge in [0.1, 0.15) is 0 Å². The molecule has 0 radical (unpaired) electrons. The van der Waals surface area contributed by atoms with E-state index in [2.05, 4.69) is 41.3 Å². The van der Waals surface area contributed by atoms with Crippen molar-refractivity contribution in [2.24, 2.45) is 10.4 Å². The van der Waals surface area contributed by atoms with Gasteiger partial charge in [0.25, 0.3) is 0 Å². The molecule has 2 aliphatic rings. The van der Waals surface area contributed by atoms with Crippen LogP contribution in [0, 0.1) is 5.41 Å². The van der Waals surface area contributed by atoms with Gasteiger partial charge in [-0.05, 0) is 13.8 Å². The summed E-state index contributed by atoms with van der Waals surface area (Å²) >= 11 is 0. The Morgan fingerprint density at radius 3 is 2.38 bits per heavy atom. The zero-order valence-corrected chi connectivity index (χ0v) is 13.9. The van der Waals surface area contributed by atoms with Gasteiger partial charge in [0.05, 0.1) is 26.4 Å². The Balaban J connectivity index is 1.76. The Bertz CT molecular complexity index is 361. The van der Waals surface area contributed by atoms with Crippen LogP contribution in [0.15, 0.2) is 4.99 Å². The summed E-state index contributed by atoms with van der Waals surface area (Å²) in [5, 5.41) is 6.85. The summed E-state index contributed by atoms with van der Waals surface area (Å²) in [6.07, 6.45) is 0. The molecule has 0 amide bonds. The van der Waals surface area contributed by atoms with E-state index in [1.54, 1.807) is 0 Å². The highest BCUT2D eigenvalue weighted by molar-refractivity contribution is 5.79. The molecule has 21 heavy (non-hydrogen) atoms. The van der Waals surface area contributed by atoms with Gasteiger partial charge >= 0.3 is 0 Å². The Morgan fingerprint density at radius 1 is 1.19 bits per heavy atom. The van der Waals surface area contributed by atoms with Crippen molar-refractivity contribution in [2.75, 3.05) is 59.7 Å². The Morgan fingerprint density at radius 2 is 1.86 bits per heavy atom. The van der Waals surface area contributed by atoms with Gasteiger partial charge in [-0.15, -0.1) is 0 Å². The molecule has 0 atom stereocenters. The standard InChI is InChI=1S/C15H30N4O2/c1-14(2,19-5-7-20-8-6-19)9-17-13(16-4)18-10-15(3)11-21-12-15/h5-12H2,1-4H3,(H2,16,17,18). The molecule has 0 bridgehead atoms. The van der Waals surface area contributed by atoms with E-state index < -0.39 is 0 Å². The zero-order chi connectivity index (χ0) is 15.3. The maximum atomic E-state index is 5.43. The van der Waals surface area contributed by atoms with Crippen LogP contribution in [0.5, 0.6) is 0 Å². The van der Waals surface area contributed by atoms with Crippen molar-refractivity contribution in [3.63, 3.8) is 0 Å². The summed E-state index contributed by atoms with van der Waals surface area (Å²) in [4.78, 5) is 6.78. The Kier molecular flexibility index (Phi) is 5.46. The first-order valence-electron chi connectivity index (χ1n) is 7.80. The van der Waals surface area contributed by atoms with Crippen LogP contribution in [0.1, 0.15) is 20.8 Å². The number of guanidine groups is 1. The molecular formula is C15H30N4O2. The van der Waals surface area contributed by atoms with Crippen molar-refractivity contribution in [1.82, 2.24) is 15.5 Å². The molecule has 0 unspecified atom stereocenters. The fraction of sp³-hybridized carbons (Fsp3) is 0.933. The van der Waals surface area contributed by atoms with Crippen molar-refractivity contribution < 1.29 is 9.47 Å². The number of nitrogens with one attached hydrogen (secondary N) is 2. The van der Waals surface area contributed by atoms with Gasteiger partial charge in [0.15, 0.2) is 5.96 Å². The molecule has 6 heteroatoms. The third-order valence-corrected chi connectivity index (χ3v) is 4.36. The number of hydrogen-bond acceptors (Lipinski definition) is 4. The molecule has 2 aliphatic heterocycles. The first-order chi connectivity index (χ1) is 9.95. The molecule has 6 nitrogen and oxygen atoms in total. The molecule has 0 aromatic rings. The van der Waals surface area contributed by atoms with Crippen molar-refractivity contribution in [2.45, 2.75) is 26.3 Å². The summed E-state index contributed by atoms with van der Waals surface area (Å²) in [7, 11) is 1.82. The van der Waals surface area contributed by atoms with E-state index in [-0.39, 0.29) is 11.0 Å². The van der Waals surface area contributed by atoms with Crippen LogP contribution in [0.3, 0.4) is 0 Å². The van der Waals surface area contributed by atoms with Crippen molar-refractivity contribution in [3.8, 4) is 0 Å². The molecule has 2 N–H and O–H groups in total. The Hall–Kier alpha value is -0.850. The fourth-order valence-corrected chi connectivity index (χ4v) is 2.65. The predicted molar refractivity (Wildman–Crippen MR) is 84.8 cm³/mol. The first kappa shape index (κ1) is 16.5. The molecule has 2 saturated heterocycles. The number of morpholine rings is 1. The molecular weight excluding hydrogens is 268 g/mol. The summed E-state index contributed by atoms with van der Waals surface area (Å²) in [6.45, 7) is 13.8. The molecule has 2 heterocycles. The van der Waals surface area contributed by atoms with E-state index in [1.807, 2.05) is 7.05 Å². The maximum Gasteiger partial charge on any atom is 0.191 e. The minimum absolute atomic E-state index is 0.0882. The molecule has 0 aromatic carbocycles. The van der Waals surface area contributed by atoms with E-state index in [1.165, 1.54) is 0 Å². The van der Waals surface area contributed by atoms with E-state index in [0.717, 1.165) is 58.6 Å². The van der Waals surface area contributed by atoms with Gasteiger partial charge < -0.3 is 20.1 Å². The number of ether oxygens (including phenoxy) is 2. The minimum Gasteiger partial charge on any atom is -0.380 e. The topological polar surface area (TPSA) is 58.1 Å². The van der Waals surface area contributed by atoms with Crippen LogP contribution in [-0.2, 0) is 9.47 Å². The van der Waals surface area contributed by atoms with E-state index in [4.69, 9.17) is 9.47 Å². The number of rotatable bonds is 5. The third-order valence-electron chi connectivity index (χ3n) is 4.36. The molecule has 0 saturated carbocycles. The lowest BCUT2D eigenvalue weighted by atomic mass is 9.89. The van der Waals surface area contributed by atoms with E-state index in [9.17, 15) is 0 Å². The molecule has 122 valence electrons. The highest BCUT2D eigenvalue weighted by Gasteiger charge is 2.33. The summed E-state index contributed by atoms with van der Waals surface area (Å²) in [6, 6.07) is 0. The molecule has 0 spiro atoms. The lowest BCUT2D eigenvalue weighted by molar-refractivity contribution is -0.0971. The summed E-state index contributed by atoms with van der Waals surface area (Å²) < 4.78 is 10.7. The van der Waals surface area contributed by atoms with Crippen molar-refractivity contribution in [1.29, 1.82) is 0 Å². The SMILES string of the molecule is CN=C(NCC1(C)COC1)NCC(C)(C)N1CCOCC1. The van der Waals surface area contributed by atoms with E-state index >= 15 is 0 Å². The van der Waals surface area contributed by atoms with Crippen LogP contribution in [0.25, 0.3) is 0 Å². The molecule has 2 rings (SSSR count). The normalized spacial score (nSPS) is 23.5. The van der Waals surface area contributed by atoms with Gasteiger partial charge in [-0.1, -0.05) is 6.92 Å². The second-order valence-electron chi connectivity index (χ2n) is 6.99. The average Bonchev–Trinajstić information content (AvgIpc) is 2.46. The van der Waals surface area contributed by atoms with Crippen LogP contribution in [0.4, 0.5) is 0 Å². The fourth-order valence-electron chi connectivity index (χ4n) is 2.65. The van der Waals surface area contributed by atoms with Gasteiger partial charge in [-0.3, -0.25) is 9.89 Å². The molecule has 0 aliphatic carbocycles. The number of hydrogen-bond donors (Lipinski definition) is 2. The van der Waals surface area contributed by atoms with Crippen molar-refractivity contribution >= 4 is 5.96 Å². The first-order valence-corrected chi connectivity index (χ1v) is 7.80. The smallest absolute Gasteiger partial charge is 0.191 e. The van der Waals surface area contributed by atoms with Crippen molar-refractivity contribution in [3.05, 3.63) is 0 Å². The number of nitrogens with zero attached hydrogens (tertiary/aromatic N) is 2. The van der Waals surface area contributed by atoms with Gasteiger partial charge in [0, 0.05) is 44.2 Å². The highest BCUT2D eigenvalue weighted by Crippen LogP contribution is 2.25. The quantitative estimate of drug-likeness (QED) is 0.565. The zero-order valence-electron chi connectivity index (χ0n) is 13.9. The Labute approximate surface area is 128 Å². The monoisotopic (exact) mass is 298 g/mol. The van der Waals surface area contributed by atoms with Gasteiger partial charge in [-0.2, -0.15) is 0 Å². The van der Waals surface area contributed by atoms with Crippen LogP contribution < -0.4 is 10.6 Å². The van der Waals surface area contributed by atoms with E-state index in [0.29, 0.717) is 0 Å². The largest absolute Gasteiger partial charge is 0.380 e. The third kappa shape index (κ3) is 4.56. The van der Waals surface area contributed by atoms with Crippen LogP contribution >= 0.6 is 0 Å². The summed E-state index contributed by atoms with van der Waals surface area (Å²) in [5.41, 5.74) is 0.336.